The fourth-order valence-corrected chi connectivity index (χ4v) is 6.00. The molecule has 4 aliphatic rings. The Hall–Kier alpha value is -2.68. The van der Waals surface area contributed by atoms with Crippen LogP contribution in [0.5, 0.6) is 0 Å². The lowest BCUT2D eigenvalue weighted by Gasteiger charge is -2.48. The maximum absolute atomic E-state index is 14.2. The van der Waals surface area contributed by atoms with E-state index in [0.717, 1.165) is 5.69 Å². The lowest BCUT2D eigenvalue weighted by molar-refractivity contribution is -0.119. The van der Waals surface area contributed by atoms with Gasteiger partial charge in [-0.05, 0) is 36.0 Å². The van der Waals surface area contributed by atoms with Gasteiger partial charge in [0.15, 0.2) is 17.6 Å². The Morgan fingerprint density at radius 3 is 2.62 bits per heavy atom. The maximum atomic E-state index is 14.2. The Kier molecular flexibility index (Phi) is 5.39. The molecule has 0 amide bonds. The summed E-state index contributed by atoms with van der Waals surface area (Å²) in [5.74, 6) is -0.114. The van der Waals surface area contributed by atoms with Crippen LogP contribution in [0.15, 0.2) is 57.0 Å². The first-order valence-corrected chi connectivity index (χ1v) is 11.8. The smallest absolute Gasteiger partial charge is 0.378 e. The van der Waals surface area contributed by atoms with E-state index in [4.69, 9.17) is 4.74 Å². The number of hydrogen-bond acceptors (Lipinski definition) is 6. The van der Waals surface area contributed by atoms with Gasteiger partial charge < -0.3 is 15.0 Å². The molecule has 182 valence electrons. The first-order valence-electron chi connectivity index (χ1n) is 11.8. The summed E-state index contributed by atoms with van der Waals surface area (Å²) in [7, 11) is 0. The molecule has 0 saturated carbocycles. The Bertz CT molecular complexity index is 1120. The van der Waals surface area contributed by atoms with Crippen LogP contribution in [0.2, 0.25) is 0 Å². The van der Waals surface area contributed by atoms with Gasteiger partial charge in [-0.25, -0.2) is 0 Å². The van der Waals surface area contributed by atoms with Gasteiger partial charge in [-0.2, -0.15) is 18.3 Å². The van der Waals surface area contributed by atoms with Gasteiger partial charge in [-0.15, -0.1) is 5.11 Å². The number of hydrogen-bond donors (Lipinski definition) is 1. The van der Waals surface area contributed by atoms with Crippen molar-refractivity contribution in [1.82, 2.24) is 5.32 Å². The van der Waals surface area contributed by atoms with Gasteiger partial charge >= 0.3 is 6.18 Å². The largest absolute Gasteiger partial charge is 0.435 e. The average Bonchev–Trinajstić information content (AvgIpc) is 3.22. The highest BCUT2D eigenvalue weighted by Crippen LogP contribution is 2.56. The molecule has 1 saturated heterocycles. The zero-order valence-corrected chi connectivity index (χ0v) is 19.6. The standard InChI is InChI=1S/C25H29F3N4O2/c1-4-24(15-6-5-7-16(12-15)32-8-10-34-11-9-32)19-17(13-23(2,3)14-18(19)33)29-22-20(24)21(30-31-22)25(26,27)28/h5-7,12,22,29H,4,8-11,13-14H2,1-3H3/t22?,24-/m0/s1. The molecule has 0 bridgehead atoms. The predicted molar refractivity (Wildman–Crippen MR) is 121 cm³/mol. The van der Waals surface area contributed by atoms with Crippen molar-refractivity contribution in [3.8, 4) is 0 Å². The molecular formula is C25H29F3N4O2. The number of nitrogens with one attached hydrogen (secondary N) is 1. The third kappa shape index (κ3) is 3.56. The van der Waals surface area contributed by atoms with E-state index in [1.807, 2.05) is 45.0 Å². The fraction of sp³-hybridized carbons (Fsp3) is 0.560. The van der Waals surface area contributed by atoms with Crippen molar-refractivity contribution < 1.29 is 22.7 Å². The third-order valence-corrected chi connectivity index (χ3v) is 7.39. The molecule has 0 radical (unpaired) electrons. The highest BCUT2D eigenvalue weighted by Gasteiger charge is 2.57. The van der Waals surface area contributed by atoms with Crippen LogP contribution in [-0.4, -0.2) is 44.4 Å². The number of azo groups is 1. The van der Waals surface area contributed by atoms with E-state index in [-0.39, 0.29) is 23.2 Å². The summed E-state index contributed by atoms with van der Waals surface area (Å²) in [6, 6.07) is 7.60. The number of ketones is 1. The van der Waals surface area contributed by atoms with Crippen LogP contribution in [0.1, 0.15) is 45.6 Å². The van der Waals surface area contributed by atoms with Gasteiger partial charge in [-0.3, -0.25) is 4.79 Å². The number of halogens is 3. The summed E-state index contributed by atoms with van der Waals surface area (Å²) in [6.45, 7) is 8.46. The summed E-state index contributed by atoms with van der Waals surface area (Å²) < 4.78 is 48.0. The zero-order valence-electron chi connectivity index (χ0n) is 19.6. The second-order valence-corrected chi connectivity index (χ2v) is 10.2. The van der Waals surface area contributed by atoms with Crippen molar-refractivity contribution in [3.63, 3.8) is 0 Å². The molecule has 1 fully saturated rings. The van der Waals surface area contributed by atoms with E-state index >= 15 is 0 Å². The van der Waals surface area contributed by atoms with Crippen LogP contribution in [0.4, 0.5) is 18.9 Å². The van der Waals surface area contributed by atoms with E-state index in [9.17, 15) is 18.0 Å². The number of benzene rings is 1. The number of carbonyl (C=O) groups excluding carboxylic acids is 1. The molecule has 34 heavy (non-hydrogen) atoms. The van der Waals surface area contributed by atoms with Gasteiger partial charge in [0.25, 0.3) is 0 Å². The molecule has 1 aromatic carbocycles. The van der Waals surface area contributed by atoms with Crippen molar-refractivity contribution in [1.29, 1.82) is 0 Å². The second-order valence-electron chi connectivity index (χ2n) is 10.2. The van der Waals surface area contributed by atoms with E-state index < -0.39 is 23.5 Å². The van der Waals surface area contributed by atoms with E-state index in [2.05, 4.69) is 20.4 Å². The summed E-state index contributed by atoms with van der Waals surface area (Å²) in [6.07, 6.45) is -4.47. The number of ether oxygens (including phenoxy) is 1. The molecule has 0 spiro atoms. The molecule has 3 heterocycles. The van der Waals surface area contributed by atoms with Crippen molar-refractivity contribution in [2.45, 2.75) is 57.8 Å². The number of Topliss-reactive ketones (excluding diaryl/α,β-unsaturated/α-hetero) is 1. The van der Waals surface area contributed by atoms with E-state index in [0.29, 0.717) is 56.0 Å². The predicted octanol–water partition coefficient (Wildman–Crippen LogP) is 5.03. The molecule has 1 unspecified atom stereocenters. The number of fused-ring (bicyclic) bond motifs is 1. The monoisotopic (exact) mass is 474 g/mol. The molecule has 0 aromatic heterocycles. The van der Waals surface area contributed by atoms with Gasteiger partial charge in [0.2, 0.25) is 0 Å². The van der Waals surface area contributed by atoms with Gasteiger partial charge in [0.05, 0.1) is 18.6 Å². The van der Waals surface area contributed by atoms with E-state index in [1.165, 1.54) is 0 Å². The molecule has 1 N–H and O–H groups in total. The summed E-state index contributed by atoms with van der Waals surface area (Å²) in [5, 5.41) is 10.8. The number of alkyl halides is 3. The molecule has 9 heteroatoms. The van der Waals surface area contributed by atoms with Gasteiger partial charge in [0, 0.05) is 42.0 Å². The minimum absolute atomic E-state index is 0.0356. The number of rotatable bonds is 3. The van der Waals surface area contributed by atoms with Crippen LogP contribution >= 0.6 is 0 Å². The van der Waals surface area contributed by atoms with Crippen LogP contribution in [0, 0.1) is 5.41 Å². The van der Waals surface area contributed by atoms with Crippen LogP contribution in [-0.2, 0) is 14.9 Å². The SMILES string of the molecule is CC[C@]1(c2cccc(N3CCOCC3)c2)C2=C(CC(C)(C)CC2=O)NC2N=NC(C(F)(F)F)=C21. The number of nitrogens with zero attached hydrogens (tertiary/aromatic N) is 3. The second kappa shape index (κ2) is 7.93. The van der Waals surface area contributed by atoms with E-state index in [1.54, 1.807) is 0 Å². The number of anilines is 1. The minimum Gasteiger partial charge on any atom is -0.378 e. The van der Waals surface area contributed by atoms with Crippen molar-refractivity contribution in [2.24, 2.45) is 15.6 Å². The zero-order chi connectivity index (χ0) is 24.3. The average molecular weight is 475 g/mol. The highest BCUT2D eigenvalue weighted by molar-refractivity contribution is 6.01. The number of morpholine rings is 1. The Morgan fingerprint density at radius 1 is 1.21 bits per heavy atom. The first-order chi connectivity index (χ1) is 16.1. The van der Waals surface area contributed by atoms with Crippen molar-refractivity contribution in [3.05, 3.63) is 52.4 Å². The Labute approximate surface area is 196 Å². The van der Waals surface area contributed by atoms with Crippen LogP contribution < -0.4 is 10.2 Å². The number of allylic oxidation sites excluding steroid dienone is 3. The van der Waals surface area contributed by atoms with Crippen LogP contribution in [0.3, 0.4) is 0 Å². The van der Waals surface area contributed by atoms with Crippen molar-refractivity contribution in [2.75, 3.05) is 31.2 Å². The lowest BCUT2D eigenvalue weighted by Crippen LogP contribution is -2.52. The normalized spacial score (nSPS) is 28.7. The lowest BCUT2D eigenvalue weighted by atomic mass is 9.58. The Morgan fingerprint density at radius 2 is 1.94 bits per heavy atom. The van der Waals surface area contributed by atoms with Crippen LogP contribution in [0.25, 0.3) is 0 Å². The molecule has 5 rings (SSSR count). The molecule has 2 atom stereocenters. The summed E-state index contributed by atoms with van der Waals surface area (Å²) >= 11 is 0. The molecule has 1 aromatic rings. The molecule has 3 aliphatic heterocycles. The highest BCUT2D eigenvalue weighted by atomic mass is 19.4. The summed E-state index contributed by atoms with van der Waals surface area (Å²) in [4.78, 5) is 15.8. The van der Waals surface area contributed by atoms with Gasteiger partial charge in [-0.1, -0.05) is 32.9 Å². The topological polar surface area (TPSA) is 66.3 Å². The third-order valence-electron chi connectivity index (χ3n) is 7.39. The summed E-state index contributed by atoms with van der Waals surface area (Å²) in [5.41, 5.74) is 0.216. The van der Waals surface area contributed by atoms with Gasteiger partial charge in [0.1, 0.15) is 0 Å². The maximum Gasteiger partial charge on any atom is 0.435 e. The fourth-order valence-electron chi connectivity index (χ4n) is 6.00. The quantitative estimate of drug-likeness (QED) is 0.668. The number of carbonyl (C=O) groups is 1. The minimum atomic E-state index is -4.67. The van der Waals surface area contributed by atoms with Crippen molar-refractivity contribution >= 4 is 11.5 Å². The Balaban J connectivity index is 1.77. The molecular weight excluding hydrogens is 445 g/mol. The molecule has 1 aliphatic carbocycles. The molecule has 6 nitrogen and oxygen atoms in total. The first kappa shape index (κ1) is 23.1.